The molecular formula is C18H14ClFN4O3. The van der Waals surface area contributed by atoms with Gasteiger partial charge in [0.05, 0.1) is 11.5 Å². The van der Waals surface area contributed by atoms with Gasteiger partial charge in [-0.25, -0.2) is 4.39 Å². The van der Waals surface area contributed by atoms with E-state index in [0.717, 1.165) is 0 Å². The summed E-state index contributed by atoms with van der Waals surface area (Å²) in [6, 6.07) is 10.5. The van der Waals surface area contributed by atoms with Gasteiger partial charge in [-0.2, -0.15) is 5.10 Å². The van der Waals surface area contributed by atoms with Crippen molar-refractivity contribution in [2.45, 2.75) is 13.5 Å². The monoisotopic (exact) mass is 388 g/mol. The molecule has 0 bridgehead atoms. The second-order valence-corrected chi connectivity index (χ2v) is 6.18. The van der Waals surface area contributed by atoms with Gasteiger partial charge in [0.1, 0.15) is 10.8 Å². The van der Waals surface area contributed by atoms with Crippen LogP contribution in [0.15, 0.2) is 48.7 Å². The number of amides is 1. The van der Waals surface area contributed by atoms with E-state index in [2.05, 4.69) is 10.4 Å². The number of hydrogen-bond acceptors (Lipinski definition) is 4. The number of halogens is 2. The molecule has 0 spiro atoms. The molecule has 0 aliphatic rings. The van der Waals surface area contributed by atoms with Gasteiger partial charge in [0.2, 0.25) is 0 Å². The average molecular weight is 389 g/mol. The fraction of sp³-hybridized carbons (Fsp3) is 0.111. The summed E-state index contributed by atoms with van der Waals surface area (Å²) in [5.41, 5.74) is 0.647. The summed E-state index contributed by atoms with van der Waals surface area (Å²) in [5, 5.41) is 17.9. The molecule has 0 saturated carbocycles. The van der Waals surface area contributed by atoms with Crippen molar-refractivity contribution < 1.29 is 14.1 Å². The fourth-order valence-electron chi connectivity index (χ4n) is 2.61. The molecule has 3 rings (SSSR count). The highest BCUT2D eigenvalue weighted by molar-refractivity contribution is 6.33. The Morgan fingerprint density at radius 1 is 1.30 bits per heavy atom. The van der Waals surface area contributed by atoms with E-state index in [1.54, 1.807) is 18.2 Å². The summed E-state index contributed by atoms with van der Waals surface area (Å²) in [6.45, 7) is 1.63. The Morgan fingerprint density at radius 3 is 2.74 bits per heavy atom. The van der Waals surface area contributed by atoms with Crippen LogP contribution in [0, 0.1) is 22.9 Å². The molecule has 9 heteroatoms. The second-order valence-electron chi connectivity index (χ2n) is 5.78. The maximum absolute atomic E-state index is 13.8. The number of aromatic nitrogens is 2. The summed E-state index contributed by atoms with van der Waals surface area (Å²) >= 11 is 6.10. The first-order valence-corrected chi connectivity index (χ1v) is 8.26. The van der Waals surface area contributed by atoms with Crippen LogP contribution in [-0.2, 0) is 6.54 Å². The van der Waals surface area contributed by atoms with Crippen LogP contribution >= 0.6 is 11.6 Å². The number of anilines is 1. The topological polar surface area (TPSA) is 90.1 Å². The lowest BCUT2D eigenvalue weighted by Crippen LogP contribution is -2.15. The summed E-state index contributed by atoms with van der Waals surface area (Å²) in [5.74, 6) is -0.861. The average Bonchev–Trinajstić information content (AvgIpc) is 2.96. The number of benzene rings is 2. The Morgan fingerprint density at radius 2 is 2.04 bits per heavy atom. The first-order chi connectivity index (χ1) is 12.9. The summed E-state index contributed by atoms with van der Waals surface area (Å²) in [6.07, 6.45) is 1.46. The Kier molecular flexibility index (Phi) is 5.18. The number of rotatable bonds is 5. The first kappa shape index (κ1) is 18.5. The molecule has 1 amide bonds. The maximum Gasteiger partial charge on any atom is 0.273 e. The standard InChI is InChI=1S/C18H14ClFN4O3/c1-11-13(6-4-8-16(11)24(26)27)18(25)21-17-14(19)10-23(22-17)9-12-5-2-3-7-15(12)20/h2-8,10H,9H2,1H3,(H,21,22,25). The van der Waals surface area contributed by atoms with E-state index in [1.807, 2.05) is 0 Å². The van der Waals surface area contributed by atoms with Crippen LogP contribution in [0.25, 0.3) is 0 Å². The molecule has 1 aromatic heterocycles. The van der Waals surface area contributed by atoms with Crippen LogP contribution in [0.5, 0.6) is 0 Å². The van der Waals surface area contributed by atoms with Crippen molar-refractivity contribution in [2.24, 2.45) is 0 Å². The second kappa shape index (κ2) is 7.55. The Hall–Kier alpha value is -3.26. The number of nitrogens with zero attached hydrogens (tertiary/aromatic N) is 3. The molecule has 0 radical (unpaired) electrons. The van der Waals surface area contributed by atoms with Gasteiger partial charge in [-0.3, -0.25) is 19.6 Å². The molecule has 1 N–H and O–H groups in total. The van der Waals surface area contributed by atoms with Crippen molar-refractivity contribution in [1.29, 1.82) is 0 Å². The van der Waals surface area contributed by atoms with Gasteiger partial charge < -0.3 is 5.32 Å². The summed E-state index contributed by atoms with van der Waals surface area (Å²) < 4.78 is 15.2. The largest absolute Gasteiger partial charge is 0.304 e. The number of hydrogen-bond donors (Lipinski definition) is 1. The fourth-order valence-corrected chi connectivity index (χ4v) is 2.80. The van der Waals surface area contributed by atoms with Gasteiger partial charge in [0.25, 0.3) is 11.6 Å². The van der Waals surface area contributed by atoms with Crippen molar-refractivity contribution in [2.75, 3.05) is 5.32 Å². The first-order valence-electron chi connectivity index (χ1n) is 7.88. The van der Waals surface area contributed by atoms with Crippen LogP contribution in [-0.4, -0.2) is 20.6 Å². The van der Waals surface area contributed by atoms with Gasteiger partial charge in [0.15, 0.2) is 5.82 Å². The van der Waals surface area contributed by atoms with E-state index in [9.17, 15) is 19.3 Å². The van der Waals surface area contributed by atoms with Crippen molar-refractivity contribution in [3.05, 3.63) is 86.3 Å². The number of carbonyl (C=O) groups excluding carboxylic acids is 1. The SMILES string of the molecule is Cc1c(C(=O)Nc2nn(Cc3ccccc3F)cc2Cl)cccc1[N+](=O)[O-]. The Bertz CT molecular complexity index is 1040. The zero-order valence-electron chi connectivity index (χ0n) is 14.1. The molecule has 7 nitrogen and oxygen atoms in total. The van der Waals surface area contributed by atoms with E-state index in [4.69, 9.17) is 11.6 Å². The van der Waals surface area contributed by atoms with Crippen LogP contribution in [0.3, 0.4) is 0 Å². The molecule has 2 aromatic carbocycles. The van der Waals surface area contributed by atoms with Gasteiger partial charge in [-0.1, -0.05) is 35.9 Å². The van der Waals surface area contributed by atoms with Gasteiger partial charge in [-0.05, 0) is 19.1 Å². The lowest BCUT2D eigenvalue weighted by Gasteiger charge is -2.06. The third kappa shape index (κ3) is 3.95. The molecule has 0 unspecified atom stereocenters. The zero-order chi connectivity index (χ0) is 19.6. The van der Waals surface area contributed by atoms with E-state index in [0.29, 0.717) is 5.56 Å². The van der Waals surface area contributed by atoms with Crippen molar-refractivity contribution >= 4 is 29.0 Å². The quantitative estimate of drug-likeness (QED) is 0.524. The molecule has 0 atom stereocenters. The zero-order valence-corrected chi connectivity index (χ0v) is 14.9. The lowest BCUT2D eigenvalue weighted by molar-refractivity contribution is -0.385. The molecule has 0 aliphatic heterocycles. The van der Waals surface area contributed by atoms with E-state index in [-0.39, 0.29) is 40.0 Å². The minimum Gasteiger partial charge on any atom is -0.304 e. The molecule has 138 valence electrons. The highest BCUT2D eigenvalue weighted by atomic mass is 35.5. The Labute approximate surface area is 158 Å². The van der Waals surface area contributed by atoms with Crippen LogP contribution < -0.4 is 5.32 Å². The van der Waals surface area contributed by atoms with Gasteiger partial charge >= 0.3 is 0 Å². The van der Waals surface area contributed by atoms with E-state index in [1.165, 1.54) is 42.1 Å². The van der Waals surface area contributed by atoms with E-state index < -0.39 is 10.8 Å². The van der Waals surface area contributed by atoms with Crippen LogP contribution in [0.4, 0.5) is 15.9 Å². The number of nitro groups is 1. The number of nitrogens with one attached hydrogen (secondary N) is 1. The van der Waals surface area contributed by atoms with Gasteiger partial charge in [-0.15, -0.1) is 0 Å². The van der Waals surface area contributed by atoms with Crippen molar-refractivity contribution in [1.82, 2.24) is 9.78 Å². The molecule has 27 heavy (non-hydrogen) atoms. The normalized spacial score (nSPS) is 10.6. The van der Waals surface area contributed by atoms with Crippen molar-refractivity contribution in [3.63, 3.8) is 0 Å². The van der Waals surface area contributed by atoms with E-state index >= 15 is 0 Å². The molecule has 0 saturated heterocycles. The lowest BCUT2D eigenvalue weighted by atomic mass is 10.1. The molecule has 3 aromatic rings. The number of carbonyl (C=O) groups is 1. The molecule has 1 heterocycles. The highest BCUT2D eigenvalue weighted by Crippen LogP contribution is 2.24. The maximum atomic E-state index is 13.8. The van der Waals surface area contributed by atoms with Crippen molar-refractivity contribution in [3.8, 4) is 0 Å². The third-order valence-electron chi connectivity index (χ3n) is 3.99. The highest BCUT2D eigenvalue weighted by Gasteiger charge is 2.20. The predicted molar refractivity (Wildman–Crippen MR) is 98.5 cm³/mol. The minimum absolute atomic E-state index is 0.0870. The number of nitro benzene ring substituents is 1. The third-order valence-corrected chi connectivity index (χ3v) is 4.26. The minimum atomic E-state index is -0.575. The smallest absolute Gasteiger partial charge is 0.273 e. The molecule has 0 aliphatic carbocycles. The summed E-state index contributed by atoms with van der Waals surface area (Å²) in [7, 11) is 0. The molecular weight excluding hydrogens is 375 g/mol. The van der Waals surface area contributed by atoms with Gasteiger partial charge in [0, 0.05) is 29.0 Å². The predicted octanol–water partition coefficient (Wildman–Crippen LogP) is 4.19. The molecule has 0 fully saturated rings. The Balaban J connectivity index is 1.82. The van der Waals surface area contributed by atoms with Crippen LogP contribution in [0.2, 0.25) is 5.02 Å². The van der Waals surface area contributed by atoms with Crippen LogP contribution in [0.1, 0.15) is 21.5 Å². The summed E-state index contributed by atoms with van der Waals surface area (Å²) in [4.78, 5) is 22.9.